The van der Waals surface area contributed by atoms with E-state index in [1.54, 1.807) is 18.2 Å². The summed E-state index contributed by atoms with van der Waals surface area (Å²) in [6, 6.07) is 12.6. The van der Waals surface area contributed by atoms with Crippen LogP contribution in [-0.4, -0.2) is 31.5 Å². The zero-order chi connectivity index (χ0) is 24.9. The van der Waals surface area contributed by atoms with Crippen LogP contribution >= 0.6 is 23.2 Å². The second-order valence-corrected chi connectivity index (χ2v) is 11.8. The number of hydrogen-bond donors (Lipinski definition) is 2. The second kappa shape index (κ2) is 11.1. The maximum absolute atomic E-state index is 12.9. The fraction of sp³-hybridized carbons (Fsp3) is 0.400. The SMILES string of the molecule is CC(C)(C)OC=O.O=S(=O)(NC1CCCCC1)c1cc(-c2cc3cccc(Cl)c3[nH]2)ccc1Cl. The lowest BCUT2D eigenvalue weighted by atomic mass is 9.96. The van der Waals surface area contributed by atoms with E-state index < -0.39 is 10.0 Å². The number of H-pyrrole nitrogens is 1. The Hall–Kier alpha value is -2.06. The molecule has 1 heterocycles. The van der Waals surface area contributed by atoms with E-state index in [1.807, 2.05) is 45.0 Å². The van der Waals surface area contributed by atoms with Gasteiger partial charge in [-0.3, -0.25) is 4.79 Å². The molecule has 0 bridgehead atoms. The molecular formula is C25H30Cl2N2O4S. The third-order valence-electron chi connectivity index (χ3n) is 5.47. The van der Waals surface area contributed by atoms with E-state index in [9.17, 15) is 13.2 Å². The minimum atomic E-state index is -3.68. The summed E-state index contributed by atoms with van der Waals surface area (Å²) < 4.78 is 33.2. The molecule has 0 radical (unpaired) electrons. The van der Waals surface area contributed by atoms with Gasteiger partial charge in [-0.2, -0.15) is 0 Å². The van der Waals surface area contributed by atoms with Crippen LogP contribution in [0.3, 0.4) is 0 Å². The van der Waals surface area contributed by atoms with Gasteiger partial charge < -0.3 is 9.72 Å². The third-order valence-corrected chi connectivity index (χ3v) is 7.78. The van der Waals surface area contributed by atoms with E-state index in [0.29, 0.717) is 11.5 Å². The summed E-state index contributed by atoms with van der Waals surface area (Å²) in [7, 11) is -3.68. The summed E-state index contributed by atoms with van der Waals surface area (Å²) in [4.78, 5) is 13.0. The van der Waals surface area contributed by atoms with Crippen molar-refractivity contribution in [3.05, 3.63) is 52.5 Å². The lowest BCUT2D eigenvalue weighted by molar-refractivity contribution is -0.138. The van der Waals surface area contributed by atoms with Crippen molar-refractivity contribution < 1.29 is 17.9 Å². The van der Waals surface area contributed by atoms with Crippen LogP contribution in [0.1, 0.15) is 52.9 Å². The molecule has 1 aliphatic rings. The lowest BCUT2D eigenvalue weighted by Crippen LogP contribution is -2.36. The number of benzene rings is 2. The van der Waals surface area contributed by atoms with Gasteiger partial charge in [-0.1, -0.05) is 60.7 Å². The van der Waals surface area contributed by atoms with Crippen molar-refractivity contribution in [2.24, 2.45) is 0 Å². The summed E-state index contributed by atoms with van der Waals surface area (Å²) >= 11 is 12.5. The van der Waals surface area contributed by atoms with Crippen LogP contribution in [0, 0.1) is 0 Å². The highest BCUT2D eigenvalue weighted by Gasteiger charge is 2.24. The van der Waals surface area contributed by atoms with Crippen LogP contribution < -0.4 is 4.72 Å². The number of aromatic amines is 1. The quantitative estimate of drug-likeness (QED) is 0.363. The van der Waals surface area contributed by atoms with Gasteiger partial charge in [0, 0.05) is 17.1 Å². The maximum atomic E-state index is 12.9. The minimum Gasteiger partial charge on any atom is -0.462 e. The van der Waals surface area contributed by atoms with E-state index >= 15 is 0 Å². The van der Waals surface area contributed by atoms with Gasteiger partial charge in [-0.15, -0.1) is 0 Å². The van der Waals surface area contributed by atoms with E-state index in [-0.39, 0.29) is 21.6 Å². The van der Waals surface area contributed by atoms with E-state index in [2.05, 4.69) is 14.4 Å². The molecule has 1 fully saturated rings. The molecule has 9 heteroatoms. The maximum Gasteiger partial charge on any atom is 0.293 e. The number of rotatable bonds is 5. The molecule has 4 rings (SSSR count). The standard InChI is InChI=1S/C20H20Cl2N2O2S.C5H10O2/c21-16-10-9-13(18-11-14-5-4-8-17(22)20(14)23-18)12-19(16)27(25,26)24-15-6-2-1-3-7-15;1-5(2,3)7-4-6/h4-5,8-12,15,23-24H,1-3,6-7H2;4H,1-3H3. The average molecular weight is 525 g/mol. The first kappa shape index (κ1) is 26.5. The predicted molar refractivity (Wildman–Crippen MR) is 138 cm³/mol. The Labute approximate surface area is 211 Å². The molecule has 0 amide bonds. The molecule has 2 aromatic carbocycles. The number of hydrogen-bond acceptors (Lipinski definition) is 4. The molecule has 184 valence electrons. The van der Waals surface area contributed by atoms with Gasteiger partial charge in [-0.05, 0) is 63.4 Å². The first-order chi connectivity index (χ1) is 16.0. The predicted octanol–water partition coefficient (Wildman–Crippen LogP) is 6.71. The fourth-order valence-corrected chi connectivity index (χ4v) is 5.86. The first-order valence-electron chi connectivity index (χ1n) is 11.2. The van der Waals surface area contributed by atoms with Crippen molar-refractivity contribution in [2.75, 3.05) is 0 Å². The second-order valence-electron chi connectivity index (χ2n) is 9.31. The van der Waals surface area contributed by atoms with Gasteiger partial charge in [0.25, 0.3) is 6.47 Å². The molecule has 0 spiro atoms. The van der Waals surface area contributed by atoms with Gasteiger partial charge in [0.05, 0.1) is 15.6 Å². The van der Waals surface area contributed by atoms with Gasteiger partial charge in [0.2, 0.25) is 10.0 Å². The summed E-state index contributed by atoms with van der Waals surface area (Å²) in [6.07, 6.45) is 5.01. The van der Waals surface area contributed by atoms with Gasteiger partial charge >= 0.3 is 0 Å². The molecule has 1 saturated carbocycles. The highest BCUT2D eigenvalue weighted by Crippen LogP contribution is 2.32. The first-order valence-corrected chi connectivity index (χ1v) is 13.4. The number of carbonyl (C=O) groups is 1. The molecular weight excluding hydrogens is 495 g/mol. The Bertz CT molecular complexity index is 1240. The molecule has 0 aliphatic heterocycles. The van der Waals surface area contributed by atoms with Gasteiger partial charge in [-0.25, -0.2) is 13.1 Å². The molecule has 34 heavy (non-hydrogen) atoms. The fourth-order valence-electron chi connectivity index (χ4n) is 3.80. The van der Waals surface area contributed by atoms with Crippen molar-refractivity contribution >= 4 is 50.6 Å². The number of fused-ring (bicyclic) bond motifs is 1. The molecule has 0 unspecified atom stereocenters. The largest absolute Gasteiger partial charge is 0.462 e. The van der Waals surface area contributed by atoms with Crippen LogP contribution in [0.15, 0.2) is 47.4 Å². The van der Waals surface area contributed by atoms with Crippen LogP contribution in [-0.2, 0) is 19.6 Å². The number of sulfonamides is 1. The smallest absolute Gasteiger partial charge is 0.293 e. The van der Waals surface area contributed by atoms with Crippen molar-refractivity contribution in [3.63, 3.8) is 0 Å². The molecule has 2 N–H and O–H groups in total. The van der Waals surface area contributed by atoms with Crippen LogP contribution in [0.5, 0.6) is 0 Å². The third kappa shape index (κ3) is 6.98. The van der Waals surface area contributed by atoms with E-state index in [1.165, 1.54) is 0 Å². The Morgan fingerprint density at radius 1 is 1.03 bits per heavy atom. The molecule has 1 aromatic heterocycles. The minimum absolute atomic E-state index is 0.0182. The topological polar surface area (TPSA) is 88.3 Å². The molecule has 1 aliphatic carbocycles. The molecule has 0 saturated heterocycles. The highest BCUT2D eigenvalue weighted by atomic mass is 35.5. The normalized spacial score (nSPS) is 15.0. The number of ether oxygens (including phenoxy) is 1. The van der Waals surface area contributed by atoms with Crippen LogP contribution in [0.4, 0.5) is 0 Å². The van der Waals surface area contributed by atoms with Crippen molar-refractivity contribution in [1.82, 2.24) is 9.71 Å². The molecule has 0 atom stereocenters. The summed E-state index contributed by atoms with van der Waals surface area (Å²) in [6.45, 7) is 5.92. The zero-order valence-corrected chi connectivity index (χ0v) is 21.9. The number of carbonyl (C=O) groups excluding carboxylic acids is 1. The van der Waals surface area contributed by atoms with Crippen LogP contribution in [0.25, 0.3) is 22.2 Å². The Morgan fingerprint density at radius 2 is 1.74 bits per heavy atom. The van der Waals surface area contributed by atoms with Crippen molar-refractivity contribution in [3.8, 4) is 11.3 Å². The summed E-state index contributed by atoms with van der Waals surface area (Å²) in [5.41, 5.74) is 2.05. The number of para-hydroxylation sites is 1. The lowest BCUT2D eigenvalue weighted by Gasteiger charge is -2.23. The van der Waals surface area contributed by atoms with E-state index in [0.717, 1.165) is 54.3 Å². The Morgan fingerprint density at radius 3 is 2.32 bits per heavy atom. The molecule has 6 nitrogen and oxygen atoms in total. The number of aromatic nitrogens is 1. The Kier molecular flexibility index (Phi) is 8.68. The average Bonchev–Trinajstić information content (AvgIpc) is 3.20. The van der Waals surface area contributed by atoms with Gasteiger partial charge in [0.1, 0.15) is 10.5 Å². The van der Waals surface area contributed by atoms with E-state index in [4.69, 9.17) is 23.2 Å². The number of halogens is 2. The van der Waals surface area contributed by atoms with Crippen molar-refractivity contribution in [2.45, 2.75) is 69.4 Å². The van der Waals surface area contributed by atoms with Crippen LogP contribution in [0.2, 0.25) is 10.0 Å². The summed E-state index contributed by atoms with van der Waals surface area (Å²) in [5, 5.41) is 1.81. The number of nitrogens with one attached hydrogen (secondary N) is 2. The Balaban J connectivity index is 0.000000406. The molecule has 3 aromatic rings. The highest BCUT2D eigenvalue weighted by molar-refractivity contribution is 7.89. The summed E-state index contributed by atoms with van der Waals surface area (Å²) in [5.74, 6) is 0. The van der Waals surface area contributed by atoms with Crippen molar-refractivity contribution in [1.29, 1.82) is 0 Å². The van der Waals surface area contributed by atoms with Gasteiger partial charge in [0.15, 0.2) is 0 Å². The zero-order valence-electron chi connectivity index (χ0n) is 19.5. The monoisotopic (exact) mass is 524 g/mol.